The van der Waals surface area contributed by atoms with E-state index in [1.54, 1.807) is 17.3 Å². The molecule has 0 unspecified atom stereocenters. The number of sulfonamides is 1. The van der Waals surface area contributed by atoms with Crippen LogP contribution in [0.25, 0.3) is 0 Å². The number of hydrogen-bond donors (Lipinski definition) is 2. The van der Waals surface area contributed by atoms with Gasteiger partial charge in [-0.3, -0.25) is 14.4 Å². The van der Waals surface area contributed by atoms with Crippen LogP contribution >= 0.6 is 23.3 Å². The molecule has 2 heterocycles. The number of carbonyl (C=O) groups excluding carboxylic acids is 1. The van der Waals surface area contributed by atoms with E-state index in [-0.39, 0.29) is 42.4 Å². The van der Waals surface area contributed by atoms with Gasteiger partial charge in [0, 0.05) is 61.4 Å². The average Bonchev–Trinajstić information content (AvgIpc) is 3.32. The molecule has 4 rings (SSSR count). The molecule has 2 N–H and O–H groups in total. The van der Waals surface area contributed by atoms with E-state index in [0.29, 0.717) is 24.5 Å². The van der Waals surface area contributed by atoms with E-state index in [0.717, 1.165) is 61.5 Å². The van der Waals surface area contributed by atoms with E-state index in [1.165, 1.54) is 0 Å². The van der Waals surface area contributed by atoms with Gasteiger partial charge in [0.1, 0.15) is 0 Å². The average molecular weight is 616 g/mol. The summed E-state index contributed by atoms with van der Waals surface area (Å²) in [6, 6.07) is 10.6. The van der Waals surface area contributed by atoms with Crippen LogP contribution in [0.3, 0.4) is 0 Å². The number of hydrogen-bond acceptors (Lipinski definition) is 8. The van der Waals surface area contributed by atoms with Gasteiger partial charge in [0.15, 0.2) is 5.13 Å². The van der Waals surface area contributed by atoms with Crippen LogP contribution in [0.2, 0.25) is 0 Å². The van der Waals surface area contributed by atoms with Crippen LogP contribution in [0, 0.1) is 5.92 Å². The van der Waals surface area contributed by atoms with Crippen LogP contribution in [-0.2, 0) is 21.2 Å². The van der Waals surface area contributed by atoms with Gasteiger partial charge in [-0.2, -0.15) is 0 Å². The number of piperidine rings is 1. The molecule has 8 nitrogen and oxygen atoms in total. The normalized spacial score (nSPS) is 19.7. The van der Waals surface area contributed by atoms with Crippen molar-refractivity contribution in [3.05, 3.63) is 41.4 Å². The standard InChI is InChI=1S/C27H39F2N5O3S3/c1-20(17-34(24-6-4-3-5-7-24)39-18-21-8-12-27(28,29)13-9-21)33-14-10-22(11-15-33)30-25(35)16-23-19-38-26(31-23)32-40(2,36)37/h3-7,19-22H,8-18H2,1-2H3,(H,30,35)(H,31,32)/t20-/m1/s1. The van der Waals surface area contributed by atoms with Crippen LogP contribution in [0.1, 0.15) is 51.1 Å². The number of rotatable bonds is 12. The summed E-state index contributed by atoms with van der Waals surface area (Å²) in [6.07, 6.45) is 4.03. The molecule has 222 valence electrons. The zero-order valence-corrected chi connectivity index (χ0v) is 25.5. The Labute approximate surface area is 244 Å². The van der Waals surface area contributed by atoms with E-state index in [1.807, 2.05) is 18.2 Å². The summed E-state index contributed by atoms with van der Waals surface area (Å²) in [5.74, 6) is -1.45. The summed E-state index contributed by atoms with van der Waals surface area (Å²) in [4.78, 5) is 19.2. The van der Waals surface area contributed by atoms with Gasteiger partial charge in [-0.15, -0.1) is 11.3 Å². The van der Waals surface area contributed by atoms with Crippen LogP contribution in [-0.4, -0.2) is 73.9 Å². The molecule has 0 radical (unpaired) electrons. The number of anilines is 2. The molecule has 2 fully saturated rings. The Morgan fingerprint density at radius 3 is 2.52 bits per heavy atom. The number of amides is 1. The molecule has 1 aliphatic carbocycles. The fraction of sp³-hybridized carbons (Fsp3) is 0.630. The molecular weight excluding hydrogens is 577 g/mol. The molecule has 1 aromatic carbocycles. The molecule has 0 bridgehead atoms. The summed E-state index contributed by atoms with van der Waals surface area (Å²) in [5.41, 5.74) is 1.67. The van der Waals surface area contributed by atoms with Crippen LogP contribution < -0.4 is 14.3 Å². The zero-order chi connectivity index (χ0) is 28.8. The van der Waals surface area contributed by atoms with E-state index in [2.05, 4.69) is 43.3 Å². The molecule has 13 heteroatoms. The van der Waals surface area contributed by atoms with Gasteiger partial charge in [-0.25, -0.2) is 22.2 Å². The summed E-state index contributed by atoms with van der Waals surface area (Å²) >= 11 is 2.91. The molecule has 1 aromatic heterocycles. The van der Waals surface area contributed by atoms with E-state index >= 15 is 0 Å². The molecule has 2 aromatic rings. The molecule has 0 spiro atoms. The van der Waals surface area contributed by atoms with Gasteiger partial charge in [-0.05, 0) is 62.6 Å². The number of nitrogens with one attached hydrogen (secondary N) is 2. The number of para-hydroxylation sites is 1. The summed E-state index contributed by atoms with van der Waals surface area (Å²) in [6.45, 7) is 4.79. The second-order valence-electron chi connectivity index (χ2n) is 10.9. The fourth-order valence-electron chi connectivity index (χ4n) is 5.17. The van der Waals surface area contributed by atoms with E-state index in [9.17, 15) is 22.0 Å². The van der Waals surface area contributed by atoms with Crippen LogP contribution in [0.15, 0.2) is 35.7 Å². The van der Waals surface area contributed by atoms with Crippen molar-refractivity contribution in [2.24, 2.45) is 5.92 Å². The van der Waals surface area contributed by atoms with Gasteiger partial charge in [-0.1, -0.05) is 18.2 Å². The molecular formula is C27H39F2N5O3S3. The highest BCUT2D eigenvalue weighted by Gasteiger charge is 2.35. The highest BCUT2D eigenvalue weighted by atomic mass is 32.2. The fourth-order valence-corrected chi connectivity index (χ4v) is 8.04. The second kappa shape index (κ2) is 13.8. The second-order valence-corrected chi connectivity index (χ2v) is 14.6. The third-order valence-corrected chi connectivity index (χ3v) is 10.3. The molecule has 1 saturated carbocycles. The van der Waals surface area contributed by atoms with Crippen molar-refractivity contribution >= 4 is 50.0 Å². The van der Waals surface area contributed by atoms with Crippen molar-refractivity contribution in [3.8, 4) is 0 Å². The third kappa shape index (κ3) is 9.85. The molecule has 1 aliphatic heterocycles. The van der Waals surface area contributed by atoms with Crippen molar-refractivity contribution in [2.45, 2.75) is 69.9 Å². The molecule has 1 saturated heterocycles. The first-order chi connectivity index (χ1) is 19.0. The number of likely N-dealkylation sites (tertiary alicyclic amines) is 1. The maximum atomic E-state index is 13.6. The monoisotopic (exact) mass is 615 g/mol. The topological polar surface area (TPSA) is 94.6 Å². The van der Waals surface area contributed by atoms with Crippen LogP contribution in [0.5, 0.6) is 0 Å². The largest absolute Gasteiger partial charge is 0.353 e. The van der Waals surface area contributed by atoms with Gasteiger partial charge in [0.2, 0.25) is 21.9 Å². The van der Waals surface area contributed by atoms with E-state index in [4.69, 9.17) is 0 Å². The quantitative estimate of drug-likeness (QED) is 0.325. The lowest BCUT2D eigenvalue weighted by Crippen LogP contribution is -2.49. The summed E-state index contributed by atoms with van der Waals surface area (Å²) < 4.78 is 54.6. The minimum Gasteiger partial charge on any atom is -0.353 e. The van der Waals surface area contributed by atoms with Crippen molar-refractivity contribution in [2.75, 3.05) is 40.7 Å². The number of alkyl halides is 2. The number of carbonyl (C=O) groups is 1. The SMILES string of the molecule is C[C@H](CN(SCC1CCC(F)(F)CC1)c1ccccc1)N1CCC(NC(=O)Cc2csc(NS(C)(=O)=O)n2)CC1. The highest BCUT2D eigenvalue weighted by molar-refractivity contribution is 8.00. The Morgan fingerprint density at radius 2 is 1.88 bits per heavy atom. The Morgan fingerprint density at radius 1 is 1.20 bits per heavy atom. The first-order valence-electron chi connectivity index (χ1n) is 13.7. The van der Waals surface area contributed by atoms with Gasteiger partial charge < -0.3 is 9.62 Å². The number of halogens is 2. The first-order valence-corrected chi connectivity index (χ1v) is 17.5. The molecule has 1 atom stereocenters. The number of benzene rings is 1. The third-order valence-electron chi connectivity index (χ3n) is 7.46. The maximum absolute atomic E-state index is 13.6. The van der Waals surface area contributed by atoms with Gasteiger partial charge in [0.05, 0.1) is 18.4 Å². The number of thiazole rings is 1. The lowest BCUT2D eigenvalue weighted by molar-refractivity contribution is -0.121. The molecule has 1 amide bonds. The first kappa shape index (κ1) is 31.0. The van der Waals surface area contributed by atoms with Crippen molar-refractivity contribution < 1.29 is 22.0 Å². The molecule has 2 aliphatic rings. The smallest absolute Gasteiger partial charge is 0.248 e. The lowest BCUT2D eigenvalue weighted by Gasteiger charge is -2.39. The van der Waals surface area contributed by atoms with Crippen molar-refractivity contribution in [1.82, 2.24) is 15.2 Å². The lowest BCUT2D eigenvalue weighted by atomic mass is 9.88. The van der Waals surface area contributed by atoms with Crippen LogP contribution in [0.4, 0.5) is 19.6 Å². The van der Waals surface area contributed by atoms with Gasteiger partial charge in [0.25, 0.3) is 0 Å². The summed E-state index contributed by atoms with van der Waals surface area (Å²) in [7, 11) is -3.40. The minimum atomic E-state index is -3.40. The minimum absolute atomic E-state index is 0.00332. The Hall–Kier alpha value is -1.96. The Bertz CT molecular complexity index is 1200. The Kier molecular flexibility index (Phi) is 10.7. The van der Waals surface area contributed by atoms with Crippen molar-refractivity contribution in [1.29, 1.82) is 0 Å². The maximum Gasteiger partial charge on any atom is 0.248 e. The van der Waals surface area contributed by atoms with E-state index < -0.39 is 15.9 Å². The number of nitrogens with zero attached hydrogens (tertiary/aromatic N) is 3. The van der Waals surface area contributed by atoms with Gasteiger partial charge >= 0.3 is 0 Å². The predicted octanol–water partition coefficient (Wildman–Crippen LogP) is 5.01. The predicted molar refractivity (Wildman–Crippen MR) is 160 cm³/mol. The highest BCUT2D eigenvalue weighted by Crippen LogP contribution is 2.38. The Balaban J connectivity index is 1.23. The molecule has 40 heavy (non-hydrogen) atoms. The number of aromatic nitrogens is 1. The summed E-state index contributed by atoms with van der Waals surface area (Å²) in [5, 5.41) is 5.06. The zero-order valence-electron chi connectivity index (χ0n) is 23.0. The van der Waals surface area contributed by atoms with Crippen molar-refractivity contribution in [3.63, 3.8) is 0 Å².